The number of carbonyl (C=O) groups is 1. The molecular weight excluding hydrogens is 290 g/mol. The van der Waals surface area contributed by atoms with Gasteiger partial charge in [0.05, 0.1) is 0 Å². The van der Waals surface area contributed by atoms with Gasteiger partial charge in [0.25, 0.3) is 5.91 Å². The van der Waals surface area contributed by atoms with Gasteiger partial charge in [0.2, 0.25) is 0 Å². The Bertz CT molecular complexity index is 468. The predicted octanol–water partition coefficient (Wildman–Crippen LogP) is 1.38. The number of ether oxygens (including phenoxy) is 1. The van der Waals surface area contributed by atoms with Crippen molar-refractivity contribution in [3.05, 3.63) is 29.8 Å². The van der Waals surface area contributed by atoms with Crippen molar-refractivity contribution < 1.29 is 9.53 Å². The molecule has 5 nitrogen and oxygen atoms in total. The molecular formula is C18H29N3O2. The molecule has 23 heavy (non-hydrogen) atoms. The number of carbonyl (C=O) groups excluding carboxylic acids is 1. The van der Waals surface area contributed by atoms with E-state index in [-0.39, 0.29) is 12.5 Å². The molecule has 0 aliphatic carbocycles. The summed E-state index contributed by atoms with van der Waals surface area (Å²) in [5, 5.41) is 2.93. The Balaban J connectivity index is 1.58. The Labute approximate surface area is 139 Å². The van der Waals surface area contributed by atoms with Crippen LogP contribution in [0.5, 0.6) is 5.75 Å². The van der Waals surface area contributed by atoms with E-state index in [9.17, 15) is 4.79 Å². The molecule has 1 fully saturated rings. The number of amides is 1. The Kier molecular flexibility index (Phi) is 7.36. The zero-order chi connectivity index (χ0) is 16.5. The fourth-order valence-electron chi connectivity index (χ4n) is 2.70. The number of benzene rings is 1. The SMILES string of the molecule is CCc1ccc(OCC(=O)NCCN2CCN(CC)CC2)cc1. The van der Waals surface area contributed by atoms with Crippen LogP contribution in [0.25, 0.3) is 0 Å². The van der Waals surface area contributed by atoms with E-state index in [1.165, 1.54) is 5.56 Å². The van der Waals surface area contributed by atoms with Gasteiger partial charge in [0.15, 0.2) is 6.61 Å². The van der Waals surface area contributed by atoms with Gasteiger partial charge in [-0.25, -0.2) is 0 Å². The number of hydrogen-bond acceptors (Lipinski definition) is 4. The van der Waals surface area contributed by atoms with E-state index in [1.807, 2.05) is 24.3 Å². The van der Waals surface area contributed by atoms with Gasteiger partial charge in [-0.15, -0.1) is 0 Å². The van der Waals surface area contributed by atoms with Gasteiger partial charge >= 0.3 is 0 Å². The molecule has 1 aliphatic rings. The van der Waals surface area contributed by atoms with Gasteiger partial charge in [0.1, 0.15) is 5.75 Å². The lowest BCUT2D eigenvalue weighted by Gasteiger charge is -2.33. The second-order valence-corrected chi connectivity index (χ2v) is 5.91. The zero-order valence-electron chi connectivity index (χ0n) is 14.4. The summed E-state index contributed by atoms with van der Waals surface area (Å²) in [5.74, 6) is 0.685. The smallest absolute Gasteiger partial charge is 0.257 e. The second-order valence-electron chi connectivity index (χ2n) is 5.91. The number of nitrogens with zero attached hydrogens (tertiary/aromatic N) is 2. The molecule has 128 valence electrons. The summed E-state index contributed by atoms with van der Waals surface area (Å²) < 4.78 is 5.51. The van der Waals surface area contributed by atoms with E-state index in [1.54, 1.807) is 0 Å². The Hall–Kier alpha value is -1.59. The molecule has 1 N–H and O–H groups in total. The van der Waals surface area contributed by atoms with Crippen molar-refractivity contribution >= 4 is 5.91 Å². The van der Waals surface area contributed by atoms with E-state index in [2.05, 4.69) is 29.0 Å². The lowest BCUT2D eigenvalue weighted by Crippen LogP contribution is -2.48. The van der Waals surface area contributed by atoms with Gasteiger partial charge < -0.3 is 15.0 Å². The zero-order valence-corrected chi connectivity index (χ0v) is 14.4. The summed E-state index contributed by atoms with van der Waals surface area (Å²) in [7, 11) is 0. The number of piperazine rings is 1. The second kappa shape index (κ2) is 9.53. The molecule has 1 aromatic rings. The summed E-state index contributed by atoms with van der Waals surface area (Å²) in [6, 6.07) is 7.89. The first-order valence-corrected chi connectivity index (χ1v) is 8.64. The first-order valence-electron chi connectivity index (χ1n) is 8.64. The van der Waals surface area contributed by atoms with Crippen LogP contribution in [-0.4, -0.2) is 68.1 Å². The molecule has 1 amide bonds. The first-order chi connectivity index (χ1) is 11.2. The topological polar surface area (TPSA) is 44.8 Å². The third kappa shape index (κ3) is 6.20. The van der Waals surface area contributed by atoms with Crippen molar-refractivity contribution in [1.82, 2.24) is 15.1 Å². The van der Waals surface area contributed by atoms with Crippen LogP contribution < -0.4 is 10.1 Å². The fourth-order valence-corrected chi connectivity index (χ4v) is 2.70. The van der Waals surface area contributed by atoms with Gasteiger partial charge in [0, 0.05) is 39.3 Å². The molecule has 1 saturated heterocycles. The van der Waals surface area contributed by atoms with E-state index < -0.39 is 0 Å². The fraction of sp³-hybridized carbons (Fsp3) is 0.611. The maximum Gasteiger partial charge on any atom is 0.257 e. The summed E-state index contributed by atoms with van der Waals surface area (Å²) in [6.45, 7) is 11.5. The monoisotopic (exact) mass is 319 g/mol. The van der Waals surface area contributed by atoms with Crippen molar-refractivity contribution in [1.29, 1.82) is 0 Å². The minimum atomic E-state index is -0.0586. The lowest BCUT2D eigenvalue weighted by atomic mass is 10.2. The average molecular weight is 319 g/mol. The Morgan fingerprint density at radius 3 is 2.35 bits per heavy atom. The van der Waals surface area contributed by atoms with Crippen LogP contribution in [-0.2, 0) is 11.2 Å². The quantitative estimate of drug-likeness (QED) is 0.786. The molecule has 5 heteroatoms. The van der Waals surface area contributed by atoms with Crippen LogP contribution >= 0.6 is 0 Å². The number of nitrogens with one attached hydrogen (secondary N) is 1. The van der Waals surface area contributed by atoms with Crippen LogP contribution in [0.15, 0.2) is 24.3 Å². The maximum atomic E-state index is 11.8. The third-order valence-corrected chi connectivity index (χ3v) is 4.36. The van der Waals surface area contributed by atoms with Crippen LogP contribution in [0.2, 0.25) is 0 Å². The van der Waals surface area contributed by atoms with E-state index in [0.717, 1.165) is 51.4 Å². The van der Waals surface area contributed by atoms with Crippen LogP contribution in [0.1, 0.15) is 19.4 Å². The molecule has 0 radical (unpaired) electrons. The molecule has 0 unspecified atom stereocenters. The molecule has 0 aromatic heterocycles. The summed E-state index contributed by atoms with van der Waals surface area (Å²) in [5.41, 5.74) is 1.27. The standard InChI is InChI=1S/C18H29N3O2/c1-3-16-5-7-17(8-6-16)23-15-18(22)19-9-10-21-13-11-20(4-2)12-14-21/h5-8H,3-4,9-15H2,1-2H3,(H,19,22). The molecule has 0 spiro atoms. The van der Waals surface area contributed by atoms with E-state index >= 15 is 0 Å². The normalized spacial score (nSPS) is 16.3. The lowest BCUT2D eigenvalue weighted by molar-refractivity contribution is -0.123. The Morgan fingerprint density at radius 2 is 1.74 bits per heavy atom. The van der Waals surface area contributed by atoms with Gasteiger partial charge in [-0.2, -0.15) is 0 Å². The van der Waals surface area contributed by atoms with Crippen LogP contribution in [0, 0.1) is 0 Å². The van der Waals surface area contributed by atoms with Crippen molar-refractivity contribution in [2.45, 2.75) is 20.3 Å². The minimum absolute atomic E-state index is 0.0586. The predicted molar refractivity (Wildman–Crippen MR) is 92.9 cm³/mol. The van der Waals surface area contributed by atoms with Crippen molar-refractivity contribution in [3.8, 4) is 5.75 Å². The molecule has 0 atom stereocenters. The van der Waals surface area contributed by atoms with Gasteiger partial charge in [-0.3, -0.25) is 9.69 Å². The molecule has 0 saturated carbocycles. The molecule has 1 aromatic carbocycles. The molecule has 0 bridgehead atoms. The molecule has 1 aliphatic heterocycles. The summed E-state index contributed by atoms with van der Waals surface area (Å²) in [4.78, 5) is 16.7. The summed E-state index contributed by atoms with van der Waals surface area (Å²) in [6.07, 6.45) is 1.01. The average Bonchev–Trinajstić information content (AvgIpc) is 2.61. The van der Waals surface area contributed by atoms with E-state index in [4.69, 9.17) is 4.74 Å². The van der Waals surface area contributed by atoms with Crippen molar-refractivity contribution in [2.24, 2.45) is 0 Å². The minimum Gasteiger partial charge on any atom is -0.484 e. The highest BCUT2D eigenvalue weighted by molar-refractivity contribution is 5.77. The molecule has 2 rings (SSSR count). The third-order valence-electron chi connectivity index (χ3n) is 4.36. The van der Waals surface area contributed by atoms with Crippen molar-refractivity contribution in [2.75, 3.05) is 52.4 Å². The number of likely N-dealkylation sites (N-methyl/N-ethyl adjacent to an activating group) is 1. The highest BCUT2D eigenvalue weighted by Crippen LogP contribution is 2.12. The van der Waals surface area contributed by atoms with Crippen molar-refractivity contribution in [3.63, 3.8) is 0 Å². The van der Waals surface area contributed by atoms with Gasteiger partial charge in [-0.1, -0.05) is 26.0 Å². The summed E-state index contributed by atoms with van der Waals surface area (Å²) >= 11 is 0. The number of rotatable bonds is 8. The molecule has 1 heterocycles. The highest BCUT2D eigenvalue weighted by atomic mass is 16.5. The largest absolute Gasteiger partial charge is 0.484 e. The maximum absolute atomic E-state index is 11.8. The highest BCUT2D eigenvalue weighted by Gasteiger charge is 2.14. The Morgan fingerprint density at radius 1 is 1.09 bits per heavy atom. The van der Waals surface area contributed by atoms with E-state index in [0.29, 0.717) is 6.54 Å². The number of aryl methyl sites for hydroxylation is 1. The first kappa shape index (κ1) is 17.8. The van der Waals surface area contributed by atoms with Crippen LogP contribution in [0.3, 0.4) is 0 Å². The van der Waals surface area contributed by atoms with Crippen LogP contribution in [0.4, 0.5) is 0 Å². The van der Waals surface area contributed by atoms with Gasteiger partial charge in [-0.05, 0) is 30.7 Å². The number of hydrogen-bond donors (Lipinski definition) is 1.